The first-order valence-electron chi connectivity index (χ1n) is 9.99. The average Bonchev–Trinajstić information content (AvgIpc) is 2.78. The number of rotatable bonds is 6. The van der Waals surface area contributed by atoms with Gasteiger partial charge >= 0.3 is 6.03 Å². The summed E-state index contributed by atoms with van der Waals surface area (Å²) in [7, 11) is 1.09. The van der Waals surface area contributed by atoms with Crippen LogP contribution in [0.2, 0.25) is 0 Å². The van der Waals surface area contributed by atoms with Gasteiger partial charge in [0.25, 0.3) is 0 Å². The zero-order valence-corrected chi connectivity index (χ0v) is 18.7. The van der Waals surface area contributed by atoms with Gasteiger partial charge in [-0.2, -0.15) is 0 Å². The van der Waals surface area contributed by atoms with Gasteiger partial charge in [0.2, 0.25) is 15.7 Å². The molecular formula is C22H27N3O5S. The number of amides is 3. The highest BCUT2D eigenvalue weighted by Gasteiger charge is 2.26. The van der Waals surface area contributed by atoms with Crippen molar-refractivity contribution in [3.8, 4) is 5.75 Å². The fourth-order valence-corrected chi connectivity index (χ4v) is 4.77. The van der Waals surface area contributed by atoms with Crippen LogP contribution < -0.4 is 10.1 Å². The second-order valence-corrected chi connectivity index (χ2v) is 9.51. The lowest BCUT2D eigenvalue weighted by atomic mass is 10.0. The summed E-state index contributed by atoms with van der Waals surface area (Å²) in [6, 6.07) is 12.9. The van der Waals surface area contributed by atoms with Crippen molar-refractivity contribution in [2.45, 2.75) is 28.7 Å². The first kappa shape index (κ1) is 22.6. The van der Waals surface area contributed by atoms with Crippen molar-refractivity contribution >= 4 is 21.8 Å². The molecule has 1 heterocycles. The lowest BCUT2D eigenvalue weighted by molar-refractivity contribution is -0.121. The summed E-state index contributed by atoms with van der Waals surface area (Å²) < 4.78 is 31.9. The zero-order valence-electron chi connectivity index (χ0n) is 17.9. The van der Waals surface area contributed by atoms with Crippen molar-refractivity contribution in [3.05, 3.63) is 54.1 Å². The van der Waals surface area contributed by atoms with Crippen LogP contribution in [0.3, 0.4) is 0 Å². The third-order valence-corrected chi connectivity index (χ3v) is 6.99. The smallest absolute Gasteiger partial charge is 0.320 e. The molecule has 8 nitrogen and oxygen atoms in total. The number of ether oxygens (including phenoxy) is 1. The molecule has 0 aromatic heterocycles. The van der Waals surface area contributed by atoms with Gasteiger partial charge < -0.3 is 19.9 Å². The predicted molar refractivity (Wildman–Crippen MR) is 116 cm³/mol. The zero-order chi connectivity index (χ0) is 22.6. The highest BCUT2D eigenvalue weighted by molar-refractivity contribution is 7.91. The molecule has 2 aromatic rings. The molecule has 1 atom stereocenters. The lowest BCUT2D eigenvalue weighted by Gasteiger charge is -2.31. The first-order chi connectivity index (χ1) is 14.7. The summed E-state index contributed by atoms with van der Waals surface area (Å²) >= 11 is 0. The van der Waals surface area contributed by atoms with Crippen LogP contribution in [0.4, 0.5) is 4.79 Å². The number of benzene rings is 2. The lowest BCUT2D eigenvalue weighted by Crippen LogP contribution is -2.46. The van der Waals surface area contributed by atoms with Crippen molar-refractivity contribution in [2.24, 2.45) is 0 Å². The van der Waals surface area contributed by atoms with E-state index in [0.29, 0.717) is 18.7 Å². The Hall–Kier alpha value is -3.07. The van der Waals surface area contributed by atoms with Crippen molar-refractivity contribution in [3.63, 3.8) is 0 Å². The number of hydrogen-bond acceptors (Lipinski definition) is 5. The molecule has 0 radical (unpaired) electrons. The van der Waals surface area contributed by atoms with E-state index in [1.165, 1.54) is 16.8 Å². The average molecular weight is 446 g/mol. The molecule has 0 saturated carbocycles. The van der Waals surface area contributed by atoms with Crippen LogP contribution in [0.5, 0.6) is 5.75 Å². The molecule has 0 fully saturated rings. The Bertz CT molecular complexity index is 1060. The fraction of sp³-hybridized carbons (Fsp3) is 0.364. The van der Waals surface area contributed by atoms with E-state index in [1.807, 2.05) is 0 Å². The Labute approximate surface area is 182 Å². The number of aryl methyl sites for hydroxylation is 1. The number of nitrogens with one attached hydrogen (secondary N) is 1. The number of likely N-dealkylation sites (N-methyl/N-ethyl adjacent to an activating group) is 3. The van der Waals surface area contributed by atoms with E-state index >= 15 is 0 Å². The second kappa shape index (κ2) is 9.38. The summed E-state index contributed by atoms with van der Waals surface area (Å²) in [4.78, 5) is 27.2. The number of fused-ring (bicyclic) bond motifs is 1. The van der Waals surface area contributed by atoms with Gasteiger partial charge in [0.05, 0.1) is 16.3 Å². The predicted octanol–water partition coefficient (Wildman–Crippen LogP) is 1.94. The number of urea groups is 1. The van der Waals surface area contributed by atoms with Gasteiger partial charge in [-0.3, -0.25) is 4.79 Å². The van der Waals surface area contributed by atoms with E-state index in [1.54, 1.807) is 62.6 Å². The number of sulfone groups is 1. The monoisotopic (exact) mass is 445 g/mol. The number of nitrogens with zero attached hydrogens (tertiary/aromatic N) is 2. The van der Waals surface area contributed by atoms with Crippen molar-refractivity contribution in [1.82, 2.24) is 15.1 Å². The van der Waals surface area contributed by atoms with E-state index in [4.69, 9.17) is 4.74 Å². The molecule has 31 heavy (non-hydrogen) atoms. The van der Waals surface area contributed by atoms with Crippen LogP contribution in [0.25, 0.3) is 0 Å². The number of hydrogen-bond donors (Lipinski definition) is 1. The van der Waals surface area contributed by atoms with Gasteiger partial charge in [-0.15, -0.1) is 0 Å². The van der Waals surface area contributed by atoms with Crippen LogP contribution >= 0.6 is 0 Å². The number of carbonyl (C=O) groups excluding carboxylic acids is 2. The van der Waals surface area contributed by atoms with E-state index in [0.717, 1.165) is 12.0 Å². The van der Waals surface area contributed by atoms with E-state index in [-0.39, 0.29) is 34.4 Å². The van der Waals surface area contributed by atoms with Gasteiger partial charge in [-0.25, -0.2) is 13.2 Å². The van der Waals surface area contributed by atoms with E-state index in [2.05, 4.69) is 5.32 Å². The molecule has 1 aliphatic heterocycles. The Morgan fingerprint density at radius 1 is 1.06 bits per heavy atom. The van der Waals surface area contributed by atoms with Crippen LogP contribution in [-0.4, -0.2) is 70.5 Å². The van der Waals surface area contributed by atoms with E-state index < -0.39 is 9.84 Å². The molecule has 0 aliphatic carbocycles. The first-order valence-corrected chi connectivity index (χ1v) is 11.5. The SMILES string of the molecule is CNC(=O)CN(C)C(=O)N(C)C[C@H]1CCc2ccc(S(=O)(=O)c3ccccc3)cc2O1. The maximum absolute atomic E-state index is 12.9. The molecule has 1 aliphatic rings. The van der Waals surface area contributed by atoms with Crippen molar-refractivity contribution in [1.29, 1.82) is 0 Å². The fourth-order valence-electron chi connectivity index (χ4n) is 3.47. The molecule has 2 aromatic carbocycles. The topological polar surface area (TPSA) is 96.0 Å². The minimum Gasteiger partial charge on any atom is -0.488 e. The van der Waals surface area contributed by atoms with Gasteiger partial charge in [0, 0.05) is 21.1 Å². The minimum atomic E-state index is -3.64. The standard InChI is InChI=1S/C22H27N3O5S/c1-23-21(26)15-25(3)22(27)24(2)14-17-11-9-16-10-12-19(13-20(16)30-17)31(28,29)18-7-5-4-6-8-18/h4-8,10,12-13,17H,9,11,14-15H2,1-3H3,(H,23,26)/t17-/m1/s1. The molecule has 0 saturated heterocycles. The van der Waals surface area contributed by atoms with Crippen LogP contribution in [-0.2, 0) is 21.1 Å². The highest BCUT2D eigenvalue weighted by atomic mass is 32.2. The summed E-state index contributed by atoms with van der Waals surface area (Å²) in [6.07, 6.45) is 1.15. The Balaban J connectivity index is 1.71. The third kappa shape index (κ3) is 5.16. The molecule has 3 rings (SSSR count). The maximum atomic E-state index is 12.9. The largest absolute Gasteiger partial charge is 0.488 e. The molecule has 0 spiro atoms. The van der Waals surface area contributed by atoms with Crippen LogP contribution in [0, 0.1) is 0 Å². The van der Waals surface area contributed by atoms with Crippen molar-refractivity contribution < 1.29 is 22.7 Å². The van der Waals surface area contributed by atoms with Gasteiger partial charge in [0.1, 0.15) is 18.4 Å². The summed E-state index contributed by atoms with van der Waals surface area (Å²) in [5.41, 5.74) is 0.939. The molecule has 0 bridgehead atoms. The van der Waals surface area contributed by atoms with Gasteiger partial charge in [-0.05, 0) is 42.7 Å². The Kier molecular flexibility index (Phi) is 6.84. The molecule has 1 N–H and O–H groups in total. The molecule has 0 unspecified atom stereocenters. The summed E-state index contributed by atoms with van der Waals surface area (Å²) in [6.45, 7) is 0.292. The third-order valence-electron chi connectivity index (χ3n) is 5.22. The normalized spacial score (nSPS) is 15.4. The Morgan fingerprint density at radius 2 is 1.77 bits per heavy atom. The Morgan fingerprint density at radius 3 is 2.45 bits per heavy atom. The van der Waals surface area contributed by atoms with Gasteiger partial charge in [-0.1, -0.05) is 24.3 Å². The number of carbonyl (C=O) groups is 2. The second-order valence-electron chi connectivity index (χ2n) is 7.56. The molecule has 3 amide bonds. The minimum absolute atomic E-state index is 0.0330. The summed E-state index contributed by atoms with van der Waals surface area (Å²) in [5.74, 6) is 0.270. The van der Waals surface area contributed by atoms with Crippen LogP contribution in [0.1, 0.15) is 12.0 Å². The molecular weight excluding hydrogens is 418 g/mol. The van der Waals surface area contributed by atoms with Gasteiger partial charge in [0.15, 0.2) is 0 Å². The molecule has 166 valence electrons. The highest BCUT2D eigenvalue weighted by Crippen LogP contribution is 2.32. The maximum Gasteiger partial charge on any atom is 0.320 e. The summed E-state index contributed by atoms with van der Waals surface area (Å²) in [5, 5.41) is 2.49. The molecule has 9 heteroatoms. The van der Waals surface area contributed by atoms with E-state index in [9.17, 15) is 18.0 Å². The quantitative estimate of drug-likeness (QED) is 0.733. The van der Waals surface area contributed by atoms with Crippen molar-refractivity contribution in [2.75, 3.05) is 34.2 Å². The van der Waals surface area contributed by atoms with Crippen LogP contribution in [0.15, 0.2) is 58.3 Å².